The van der Waals surface area contributed by atoms with Crippen molar-refractivity contribution in [3.63, 3.8) is 0 Å². The van der Waals surface area contributed by atoms with Crippen LogP contribution in [0.5, 0.6) is 5.88 Å². The molecule has 0 unspecified atom stereocenters. The third-order valence-electron chi connectivity index (χ3n) is 2.98. The number of aromatic nitrogens is 1. The number of nitrogens with zero attached hydrogens (tertiary/aromatic N) is 1. The van der Waals surface area contributed by atoms with Crippen LogP contribution < -0.4 is 4.74 Å². The number of alkyl halides is 3. The van der Waals surface area contributed by atoms with E-state index in [1.807, 2.05) is 0 Å². The standard InChI is InChI=1S/C16H18F3NO2/c1-15(2,3)8-12-10-22-20-14(12)21-9-11-4-6-13(7-5-11)16(17,18)19/h4-7,10H,8-9H2,1-3H3. The minimum absolute atomic E-state index is 0.0536. The Morgan fingerprint density at radius 2 is 1.73 bits per heavy atom. The monoisotopic (exact) mass is 313 g/mol. The summed E-state index contributed by atoms with van der Waals surface area (Å²) in [7, 11) is 0. The first-order valence-corrected chi connectivity index (χ1v) is 6.87. The van der Waals surface area contributed by atoms with Crippen molar-refractivity contribution >= 4 is 0 Å². The molecule has 2 aromatic rings. The summed E-state index contributed by atoms with van der Waals surface area (Å²) in [4.78, 5) is 0. The van der Waals surface area contributed by atoms with Crippen molar-refractivity contribution < 1.29 is 22.4 Å². The van der Waals surface area contributed by atoms with E-state index in [4.69, 9.17) is 9.26 Å². The molecule has 1 aromatic heterocycles. The average molecular weight is 313 g/mol. The van der Waals surface area contributed by atoms with Crippen LogP contribution in [0, 0.1) is 5.41 Å². The van der Waals surface area contributed by atoms with Crippen molar-refractivity contribution in [2.45, 2.75) is 40.0 Å². The minimum Gasteiger partial charge on any atom is -0.470 e. The Bertz CT molecular complexity index is 610. The van der Waals surface area contributed by atoms with Gasteiger partial charge in [-0.3, -0.25) is 0 Å². The predicted molar refractivity (Wildman–Crippen MR) is 75.4 cm³/mol. The lowest BCUT2D eigenvalue weighted by Gasteiger charge is -2.17. The van der Waals surface area contributed by atoms with Crippen molar-refractivity contribution in [2.75, 3.05) is 0 Å². The van der Waals surface area contributed by atoms with Crippen LogP contribution in [-0.2, 0) is 19.2 Å². The number of halogens is 3. The lowest BCUT2D eigenvalue weighted by molar-refractivity contribution is -0.137. The minimum atomic E-state index is -4.33. The van der Waals surface area contributed by atoms with E-state index in [-0.39, 0.29) is 12.0 Å². The molecule has 0 aliphatic heterocycles. The summed E-state index contributed by atoms with van der Waals surface area (Å²) in [6.45, 7) is 6.39. The second kappa shape index (κ2) is 6.02. The Balaban J connectivity index is 2.01. The van der Waals surface area contributed by atoms with Gasteiger partial charge in [0.15, 0.2) is 0 Å². The Morgan fingerprint density at radius 3 is 2.27 bits per heavy atom. The molecule has 6 heteroatoms. The zero-order valence-corrected chi connectivity index (χ0v) is 12.7. The van der Waals surface area contributed by atoms with E-state index in [0.717, 1.165) is 24.1 Å². The van der Waals surface area contributed by atoms with Gasteiger partial charge < -0.3 is 9.26 Å². The SMILES string of the molecule is CC(C)(C)Cc1conc1OCc1ccc(C(F)(F)F)cc1. The molecule has 0 amide bonds. The van der Waals surface area contributed by atoms with Crippen LogP contribution in [-0.4, -0.2) is 5.16 Å². The Kier molecular flexibility index (Phi) is 4.49. The van der Waals surface area contributed by atoms with E-state index < -0.39 is 11.7 Å². The number of hydrogen-bond acceptors (Lipinski definition) is 3. The number of benzene rings is 1. The first kappa shape index (κ1) is 16.4. The normalized spacial score (nSPS) is 12.5. The molecule has 3 nitrogen and oxygen atoms in total. The smallest absolute Gasteiger partial charge is 0.416 e. The summed E-state index contributed by atoms with van der Waals surface area (Å²) >= 11 is 0. The van der Waals surface area contributed by atoms with Gasteiger partial charge in [-0.25, -0.2) is 0 Å². The van der Waals surface area contributed by atoms with Crippen molar-refractivity contribution in [1.29, 1.82) is 0 Å². The van der Waals surface area contributed by atoms with Gasteiger partial charge >= 0.3 is 6.18 Å². The van der Waals surface area contributed by atoms with Crippen LogP contribution in [0.15, 0.2) is 35.1 Å². The molecule has 0 fully saturated rings. The molecule has 0 atom stereocenters. The highest BCUT2D eigenvalue weighted by molar-refractivity contribution is 5.26. The molecule has 1 heterocycles. The molecule has 0 saturated carbocycles. The van der Waals surface area contributed by atoms with Crippen molar-refractivity contribution in [2.24, 2.45) is 5.41 Å². The summed E-state index contributed by atoms with van der Waals surface area (Å²) in [5.74, 6) is 0.384. The van der Waals surface area contributed by atoms with Crippen LogP contribution in [0.2, 0.25) is 0 Å². The highest BCUT2D eigenvalue weighted by Gasteiger charge is 2.29. The number of ether oxygens (including phenoxy) is 1. The highest BCUT2D eigenvalue weighted by Crippen LogP contribution is 2.30. The first-order valence-electron chi connectivity index (χ1n) is 6.87. The zero-order valence-electron chi connectivity index (χ0n) is 12.7. The second-order valence-corrected chi connectivity index (χ2v) is 6.37. The molecule has 0 aliphatic rings. The summed E-state index contributed by atoms with van der Waals surface area (Å²) in [6.07, 6.45) is -2.06. The molecule has 0 radical (unpaired) electrons. The lowest BCUT2D eigenvalue weighted by Crippen LogP contribution is -2.10. The molecule has 0 spiro atoms. The van der Waals surface area contributed by atoms with Gasteiger partial charge in [0.25, 0.3) is 5.88 Å². The first-order chi connectivity index (χ1) is 10.1. The van der Waals surface area contributed by atoms with E-state index in [2.05, 4.69) is 25.9 Å². The van der Waals surface area contributed by atoms with E-state index in [1.165, 1.54) is 18.4 Å². The van der Waals surface area contributed by atoms with Gasteiger partial charge in [-0.2, -0.15) is 13.2 Å². The Morgan fingerprint density at radius 1 is 1.09 bits per heavy atom. The maximum Gasteiger partial charge on any atom is 0.416 e. The predicted octanol–water partition coefficient (Wildman–Crippen LogP) is 4.86. The van der Waals surface area contributed by atoms with Crippen LogP contribution in [0.4, 0.5) is 13.2 Å². The third kappa shape index (κ3) is 4.51. The summed E-state index contributed by atoms with van der Waals surface area (Å²) in [6, 6.07) is 4.87. The van der Waals surface area contributed by atoms with E-state index in [0.29, 0.717) is 11.4 Å². The molecular formula is C16H18F3NO2. The van der Waals surface area contributed by atoms with E-state index in [9.17, 15) is 13.2 Å². The molecule has 0 bridgehead atoms. The molecule has 0 N–H and O–H groups in total. The van der Waals surface area contributed by atoms with Gasteiger partial charge in [0.2, 0.25) is 0 Å². The number of rotatable bonds is 4. The van der Waals surface area contributed by atoms with Gasteiger partial charge in [-0.1, -0.05) is 32.9 Å². The van der Waals surface area contributed by atoms with Crippen molar-refractivity contribution in [3.8, 4) is 5.88 Å². The van der Waals surface area contributed by atoms with Crippen molar-refractivity contribution in [1.82, 2.24) is 5.16 Å². The van der Waals surface area contributed by atoms with Gasteiger partial charge in [0, 0.05) is 0 Å². The molecule has 0 aliphatic carbocycles. The average Bonchev–Trinajstić information content (AvgIpc) is 2.81. The van der Waals surface area contributed by atoms with E-state index in [1.54, 1.807) is 0 Å². The van der Waals surface area contributed by atoms with E-state index >= 15 is 0 Å². The van der Waals surface area contributed by atoms with Crippen LogP contribution >= 0.6 is 0 Å². The maximum absolute atomic E-state index is 12.5. The molecular weight excluding hydrogens is 295 g/mol. The fourth-order valence-corrected chi connectivity index (χ4v) is 2.00. The quantitative estimate of drug-likeness (QED) is 0.808. The molecule has 0 saturated heterocycles. The summed E-state index contributed by atoms with van der Waals surface area (Å²) in [5.41, 5.74) is 0.862. The largest absolute Gasteiger partial charge is 0.470 e. The van der Waals surface area contributed by atoms with Gasteiger partial charge in [-0.15, -0.1) is 0 Å². The van der Waals surface area contributed by atoms with Crippen LogP contribution in [0.1, 0.15) is 37.5 Å². The van der Waals surface area contributed by atoms with Crippen molar-refractivity contribution in [3.05, 3.63) is 47.2 Å². The third-order valence-corrected chi connectivity index (χ3v) is 2.98. The molecule has 2 rings (SSSR count). The lowest BCUT2D eigenvalue weighted by atomic mass is 9.89. The zero-order chi connectivity index (χ0) is 16.4. The Hall–Kier alpha value is -1.98. The van der Waals surface area contributed by atoms with Crippen LogP contribution in [0.3, 0.4) is 0 Å². The fourth-order valence-electron chi connectivity index (χ4n) is 2.00. The summed E-state index contributed by atoms with van der Waals surface area (Å²) < 4.78 is 47.9. The summed E-state index contributed by atoms with van der Waals surface area (Å²) in [5, 5.41) is 3.80. The fraction of sp³-hybridized carbons (Fsp3) is 0.438. The molecule has 1 aromatic carbocycles. The Labute approximate surface area is 127 Å². The highest BCUT2D eigenvalue weighted by atomic mass is 19.4. The van der Waals surface area contributed by atoms with Gasteiger partial charge in [-0.05, 0) is 34.7 Å². The topological polar surface area (TPSA) is 35.3 Å². The maximum atomic E-state index is 12.5. The second-order valence-electron chi connectivity index (χ2n) is 6.37. The molecule has 22 heavy (non-hydrogen) atoms. The van der Waals surface area contributed by atoms with Gasteiger partial charge in [0.05, 0.1) is 11.1 Å². The number of hydrogen-bond donors (Lipinski definition) is 0. The van der Waals surface area contributed by atoms with Crippen LogP contribution in [0.25, 0.3) is 0 Å². The molecule has 120 valence electrons. The van der Waals surface area contributed by atoms with Gasteiger partial charge in [0.1, 0.15) is 12.9 Å².